The van der Waals surface area contributed by atoms with E-state index in [2.05, 4.69) is 20.4 Å². The average molecular weight is 376 g/mol. The summed E-state index contributed by atoms with van der Waals surface area (Å²) in [7, 11) is 0. The molecule has 0 bridgehead atoms. The molecular weight excluding hydrogens is 354 g/mol. The Morgan fingerprint density at radius 2 is 2.07 bits per heavy atom. The monoisotopic (exact) mass is 376 g/mol. The van der Waals surface area contributed by atoms with Gasteiger partial charge in [-0.25, -0.2) is 13.5 Å². The normalized spacial score (nSPS) is 19.7. The van der Waals surface area contributed by atoms with Crippen LogP contribution >= 0.6 is 0 Å². The van der Waals surface area contributed by atoms with Crippen LogP contribution in [-0.4, -0.2) is 44.9 Å². The predicted molar refractivity (Wildman–Crippen MR) is 97.2 cm³/mol. The van der Waals surface area contributed by atoms with Crippen LogP contribution in [0.3, 0.4) is 0 Å². The second-order valence-corrected chi connectivity index (χ2v) is 6.94. The van der Waals surface area contributed by atoms with Gasteiger partial charge in [0.15, 0.2) is 0 Å². The SMILES string of the molecule is Cc1ccn(-c2nc(NC3CCC(F)(F)CC3)cc(N3C=COCC3)n2)n1. The molecule has 1 fully saturated rings. The molecular formula is C18H22F2N6O. The Kier molecular flexibility index (Phi) is 4.67. The van der Waals surface area contributed by atoms with Crippen molar-refractivity contribution in [2.45, 2.75) is 44.6 Å². The third-order valence-corrected chi connectivity index (χ3v) is 4.78. The molecule has 0 unspecified atom stereocenters. The van der Waals surface area contributed by atoms with Crippen LogP contribution in [0, 0.1) is 6.92 Å². The first-order valence-corrected chi connectivity index (χ1v) is 9.10. The summed E-state index contributed by atoms with van der Waals surface area (Å²) >= 11 is 0. The number of anilines is 2. The van der Waals surface area contributed by atoms with E-state index in [-0.39, 0.29) is 18.9 Å². The second kappa shape index (κ2) is 7.13. The average Bonchev–Trinajstić information content (AvgIpc) is 3.10. The molecule has 1 N–H and O–H groups in total. The number of nitrogens with zero attached hydrogens (tertiary/aromatic N) is 5. The molecule has 0 saturated heterocycles. The molecule has 0 aromatic carbocycles. The summed E-state index contributed by atoms with van der Waals surface area (Å²) in [6.45, 7) is 3.13. The van der Waals surface area contributed by atoms with E-state index < -0.39 is 5.92 Å². The van der Waals surface area contributed by atoms with Gasteiger partial charge in [-0.3, -0.25) is 0 Å². The van der Waals surface area contributed by atoms with E-state index in [4.69, 9.17) is 4.74 Å². The molecule has 1 aliphatic heterocycles. The molecule has 2 aliphatic rings. The molecule has 4 rings (SSSR count). The van der Waals surface area contributed by atoms with Crippen molar-refractivity contribution in [1.82, 2.24) is 19.7 Å². The lowest BCUT2D eigenvalue weighted by molar-refractivity contribution is -0.0361. The minimum absolute atomic E-state index is 0.0280. The molecule has 3 heterocycles. The first kappa shape index (κ1) is 17.7. The number of aryl methyl sites for hydroxylation is 1. The van der Waals surface area contributed by atoms with Gasteiger partial charge in [-0.15, -0.1) is 0 Å². The van der Waals surface area contributed by atoms with E-state index in [9.17, 15) is 8.78 Å². The van der Waals surface area contributed by atoms with Crippen molar-refractivity contribution < 1.29 is 13.5 Å². The van der Waals surface area contributed by atoms with Crippen molar-refractivity contribution in [1.29, 1.82) is 0 Å². The van der Waals surface area contributed by atoms with Crippen LogP contribution in [0.5, 0.6) is 0 Å². The summed E-state index contributed by atoms with van der Waals surface area (Å²) in [5.74, 6) is -0.801. The van der Waals surface area contributed by atoms with Crippen molar-refractivity contribution in [3.05, 3.63) is 36.5 Å². The zero-order chi connectivity index (χ0) is 18.9. The molecule has 0 atom stereocenters. The number of alkyl halides is 2. The van der Waals surface area contributed by atoms with E-state index >= 15 is 0 Å². The van der Waals surface area contributed by atoms with Gasteiger partial charge >= 0.3 is 0 Å². The maximum atomic E-state index is 13.4. The number of hydrogen-bond donors (Lipinski definition) is 1. The fraction of sp³-hybridized carbons (Fsp3) is 0.500. The summed E-state index contributed by atoms with van der Waals surface area (Å²) in [6.07, 6.45) is 5.88. The Bertz CT molecular complexity index is 827. The van der Waals surface area contributed by atoms with Crippen LogP contribution in [0.15, 0.2) is 30.8 Å². The van der Waals surface area contributed by atoms with E-state index in [1.807, 2.05) is 30.2 Å². The van der Waals surface area contributed by atoms with Crippen molar-refractivity contribution in [3.8, 4) is 5.95 Å². The highest BCUT2D eigenvalue weighted by molar-refractivity contribution is 5.53. The number of hydrogen-bond acceptors (Lipinski definition) is 6. The summed E-state index contributed by atoms with van der Waals surface area (Å²) in [6, 6.07) is 3.68. The molecule has 1 saturated carbocycles. The lowest BCUT2D eigenvalue weighted by Crippen LogP contribution is -2.32. The van der Waals surface area contributed by atoms with Crippen LogP contribution in [0.1, 0.15) is 31.4 Å². The van der Waals surface area contributed by atoms with Crippen LogP contribution in [0.25, 0.3) is 5.95 Å². The van der Waals surface area contributed by atoms with E-state index in [0.717, 1.165) is 5.69 Å². The largest absolute Gasteiger partial charge is 0.498 e. The third kappa shape index (κ3) is 4.17. The van der Waals surface area contributed by atoms with Gasteiger partial charge in [-0.05, 0) is 25.8 Å². The van der Waals surface area contributed by atoms with Gasteiger partial charge < -0.3 is 15.0 Å². The Morgan fingerprint density at radius 3 is 2.74 bits per heavy atom. The van der Waals surface area contributed by atoms with E-state index in [1.165, 1.54) is 0 Å². The van der Waals surface area contributed by atoms with Crippen LogP contribution in [-0.2, 0) is 4.74 Å². The quantitative estimate of drug-likeness (QED) is 0.883. The van der Waals surface area contributed by atoms with Gasteiger partial charge in [0.2, 0.25) is 5.92 Å². The molecule has 1 aliphatic carbocycles. The maximum Gasteiger partial charge on any atom is 0.254 e. The summed E-state index contributed by atoms with van der Waals surface area (Å²) in [4.78, 5) is 11.1. The standard InChI is InChI=1S/C18H22F2N6O/c1-13-4-7-26(24-13)17-22-15(21-14-2-5-18(19,20)6-3-14)12-16(23-17)25-8-10-27-11-9-25/h4,7-8,10,12,14H,2-3,5-6,9,11H2,1H3,(H,21,22,23). The molecule has 0 amide bonds. The number of halogens is 2. The van der Waals surface area contributed by atoms with Crippen LogP contribution in [0.2, 0.25) is 0 Å². The molecule has 7 nitrogen and oxygen atoms in total. The Labute approximate surface area is 156 Å². The fourth-order valence-corrected chi connectivity index (χ4v) is 3.27. The zero-order valence-corrected chi connectivity index (χ0v) is 15.1. The molecule has 2 aromatic rings. The smallest absolute Gasteiger partial charge is 0.254 e. The number of ether oxygens (including phenoxy) is 1. The fourth-order valence-electron chi connectivity index (χ4n) is 3.27. The van der Waals surface area contributed by atoms with Crippen LogP contribution < -0.4 is 10.2 Å². The summed E-state index contributed by atoms with van der Waals surface area (Å²) in [5.41, 5.74) is 0.860. The molecule has 144 valence electrons. The summed E-state index contributed by atoms with van der Waals surface area (Å²) < 4.78 is 33.7. The highest BCUT2D eigenvalue weighted by Crippen LogP contribution is 2.34. The van der Waals surface area contributed by atoms with E-state index in [1.54, 1.807) is 17.1 Å². The van der Waals surface area contributed by atoms with Crippen molar-refractivity contribution >= 4 is 11.6 Å². The zero-order valence-electron chi connectivity index (χ0n) is 15.1. The predicted octanol–water partition coefficient (Wildman–Crippen LogP) is 3.27. The van der Waals surface area contributed by atoms with E-state index in [0.29, 0.717) is 43.6 Å². The van der Waals surface area contributed by atoms with Gasteiger partial charge in [0.05, 0.1) is 18.5 Å². The summed E-state index contributed by atoms with van der Waals surface area (Å²) in [5, 5.41) is 7.69. The van der Waals surface area contributed by atoms with Gasteiger partial charge in [0, 0.05) is 37.3 Å². The Morgan fingerprint density at radius 1 is 1.26 bits per heavy atom. The third-order valence-electron chi connectivity index (χ3n) is 4.78. The number of aromatic nitrogens is 4. The highest BCUT2D eigenvalue weighted by Gasteiger charge is 2.35. The van der Waals surface area contributed by atoms with Crippen LogP contribution in [0.4, 0.5) is 20.4 Å². The van der Waals surface area contributed by atoms with Gasteiger partial charge in [-0.1, -0.05) is 0 Å². The minimum Gasteiger partial charge on any atom is -0.498 e. The minimum atomic E-state index is -2.55. The Balaban J connectivity index is 1.61. The topological polar surface area (TPSA) is 68.1 Å². The first-order chi connectivity index (χ1) is 13.0. The lowest BCUT2D eigenvalue weighted by Gasteiger charge is -2.29. The molecule has 9 heteroatoms. The van der Waals surface area contributed by atoms with Crippen molar-refractivity contribution in [2.75, 3.05) is 23.4 Å². The van der Waals surface area contributed by atoms with Gasteiger partial charge in [-0.2, -0.15) is 15.1 Å². The van der Waals surface area contributed by atoms with Gasteiger partial charge in [0.25, 0.3) is 5.95 Å². The lowest BCUT2D eigenvalue weighted by atomic mass is 9.92. The maximum absolute atomic E-state index is 13.4. The van der Waals surface area contributed by atoms with Crippen molar-refractivity contribution in [2.24, 2.45) is 0 Å². The Hall–Kier alpha value is -2.71. The first-order valence-electron chi connectivity index (χ1n) is 9.10. The molecule has 2 aromatic heterocycles. The highest BCUT2D eigenvalue weighted by atomic mass is 19.3. The molecule has 0 spiro atoms. The van der Waals surface area contributed by atoms with Gasteiger partial charge in [0.1, 0.15) is 18.2 Å². The van der Waals surface area contributed by atoms with Crippen molar-refractivity contribution in [3.63, 3.8) is 0 Å². The molecule has 0 radical (unpaired) electrons. The number of nitrogens with one attached hydrogen (secondary N) is 1. The second-order valence-electron chi connectivity index (χ2n) is 6.94. The number of rotatable bonds is 4. The molecule has 27 heavy (non-hydrogen) atoms.